The van der Waals surface area contributed by atoms with E-state index in [1.165, 1.54) is 24.0 Å². The second kappa shape index (κ2) is 6.91. The van der Waals surface area contributed by atoms with E-state index in [0.29, 0.717) is 0 Å². The Hall–Kier alpha value is -1.08. The van der Waals surface area contributed by atoms with Gasteiger partial charge < -0.3 is 5.11 Å². The lowest BCUT2D eigenvalue weighted by atomic mass is 9.71. The maximum atomic E-state index is 10.5. The van der Waals surface area contributed by atoms with E-state index in [-0.39, 0.29) is 0 Å². The molecular formula is C18H26O. The lowest BCUT2D eigenvalue weighted by Gasteiger charge is -2.40. The number of rotatable bonds is 7. The Kier molecular flexibility index (Phi) is 5.21. The Morgan fingerprint density at radius 1 is 1.21 bits per heavy atom. The van der Waals surface area contributed by atoms with Gasteiger partial charge in [-0.05, 0) is 43.2 Å². The Morgan fingerprint density at radius 3 is 2.63 bits per heavy atom. The minimum absolute atomic E-state index is 0.453. The first-order chi connectivity index (χ1) is 9.24. The molecule has 0 bridgehead atoms. The van der Waals surface area contributed by atoms with E-state index in [1.807, 2.05) is 0 Å². The number of aliphatic hydroxyl groups is 1. The molecule has 104 valence electrons. The number of benzene rings is 1. The average Bonchev–Trinajstić information content (AvgIpc) is 2.43. The molecule has 2 rings (SSSR count). The van der Waals surface area contributed by atoms with Gasteiger partial charge in [0.15, 0.2) is 0 Å². The maximum absolute atomic E-state index is 10.5. The van der Waals surface area contributed by atoms with Gasteiger partial charge in [-0.15, -0.1) is 0 Å². The van der Waals surface area contributed by atoms with Crippen LogP contribution in [0.5, 0.6) is 0 Å². The second-order valence-corrected chi connectivity index (χ2v) is 5.74. The maximum Gasteiger partial charge on any atom is 0.0859 e. The molecular weight excluding hydrogens is 232 g/mol. The molecule has 1 aromatic rings. The summed E-state index contributed by atoms with van der Waals surface area (Å²) in [5, 5.41) is 10.5. The Labute approximate surface area is 117 Å². The van der Waals surface area contributed by atoms with Crippen LogP contribution in [0.3, 0.4) is 0 Å². The van der Waals surface area contributed by atoms with Crippen molar-refractivity contribution in [1.82, 2.24) is 0 Å². The van der Waals surface area contributed by atoms with Crippen LogP contribution in [-0.2, 0) is 6.42 Å². The van der Waals surface area contributed by atoms with E-state index in [9.17, 15) is 5.11 Å². The molecule has 1 N–H and O–H groups in total. The number of aryl methyl sites for hydroxylation is 1. The van der Waals surface area contributed by atoms with Gasteiger partial charge in [0.25, 0.3) is 0 Å². The molecule has 1 nitrogen and oxygen atoms in total. The summed E-state index contributed by atoms with van der Waals surface area (Å²) >= 11 is 0. The molecule has 1 fully saturated rings. The van der Waals surface area contributed by atoms with Gasteiger partial charge in [-0.25, -0.2) is 0 Å². The van der Waals surface area contributed by atoms with Crippen molar-refractivity contribution in [1.29, 1.82) is 0 Å². The van der Waals surface area contributed by atoms with Crippen LogP contribution in [0.2, 0.25) is 0 Å². The van der Waals surface area contributed by atoms with E-state index < -0.39 is 5.60 Å². The number of unbranched alkanes of at least 4 members (excludes halogenated alkanes) is 2. The quantitative estimate of drug-likeness (QED) is 0.557. The van der Waals surface area contributed by atoms with Gasteiger partial charge in [-0.2, -0.15) is 0 Å². The van der Waals surface area contributed by atoms with Gasteiger partial charge >= 0.3 is 0 Å². The zero-order chi connectivity index (χ0) is 13.6. The Morgan fingerprint density at radius 2 is 2.00 bits per heavy atom. The second-order valence-electron chi connectivity index (χ2n) is 5.74. The lowest BCUT2D eigenvalue weighted by molar-refractivity contribution is 0.0156. The highest BCUT2D eigenvalue weighted by molar-refractivity contribution is 5.26. The first-order valence-electron chi connectivity index (χ1n) is 7.70. The molecule has 1 unspecified atom stereocenters. The highest BCUT2D eigenvalue weighted by Crippen LogP contribution is 2.42. The molecule has 1 heteroatoms. The van der Waals surface area contributed by atoms with E-state index in [1.54, 1.807) is 0 Å². The Bertz CT molecular complexity index is 407. The van der Waals surface area contributed by atoms with Crippen molar-refractivity contribution in [3.8, 4) is 0 Å². The molecule has 0 saturated heterocycles. The van der Waals surface area contributed by atoms with Crippen molar-refractivity contribution in [2.45, 2.75) is 63.9 Å². The van der Waals surface area contributed by atoms with Gasteiger partial charge in [-0.3, -0.25) is 0 Å². The molecule has 0 aliphatic heterocycles. The van der Waals surface area contributed by atoms with Crippen LogP contribution in [0, 0.1) is 0 Å². The summed E-state index contributed by atoms with van der Waals surface area (Å²) in [5.74, 6) is 0. The normalized spacial score (nSPS) is 24.4. The van der Waals surface area contributed by atoms with Crippen molar-refractivity contribution in [2.24, 2.45) is 0 Å². The van der Waals surface area contributed by atoms with Gasteiger partial charge in [0, 0.05) is 0 Å². The molecule has 0 spiro atoms. The first-order valence-corrected chi connectivity index (χ1v) is 7.70. The van der Waals surface area contributed by atoms with Crippen LogP contribution in [-0.4, -0.2) is 10.7 Å². The molecule has 1 aliphatic carbocycles. The van der Waals surface area contributed by atoms with Crippen molar-refractivity contribution < 1.29 is 5.11 Å². The van der Waals surface area contributed by atoms with E-state index in [2.05, 4.69) is 43.3 Å². The standard InChI is InChI=1S/C18H26O/c1-2-3-7-14-18(19)15-13-17(18)12-8-11-16-9-5-4-6-10-16/h4-6,9-10,12,19H,2-3,7-8,11,13-15H2,1H3/b17-12+. The molecule has 0 amide bonds. The molecule has 1 aliphatic rings. The van der Waals surface area contributed by atoms with Crippen molar-refractivity contribution in [2.75, 3.05) is 0 Å². The van der Waals surface area contributed by atoms with Crippen LogP contribution >= 0.6 is 0 Å². The minimum atomic E-state index is -0.453. The number of hydrogen-bond donors (Lipinski definition) is 1. The summed E-state index contributed by atoms with van der Waals surface area (Å²) in [5.41, 5.74) is 2.22. The molecule has 0 radical (unpaired) electrons. The third-order valence-electron chi connectivity index (χ3n) is 4.27. The van der Waals surface area contributed by atoms with Crippen LogP contribution in [0.1, 0.15) is 57.4 Å². The topological polar surface area (TPSA) is 20.2 Å². The third-order valence-corrected chi connectivity index (χ3v) is 4.27. The van der Waals surface area contributed by atoms with Crippen molar-refractivity contribution >= 4 is 0 Å². The fourth-order valence-electron chi connectivity index (χ4n) is 2.86. The summed E-state index contributed by atoms with van der Waals surface area (Å²) in [6, 6.07) is 10.6. The predicted molar refractivity (Wildman–Crippen MR) is 81.2 cm³/mol. The van der Waals surface area contributed by atoms with E-state index >= 15 is 0 Å². The minimum Gasteiger partial charge on any atom is -0.386 e. The fourth-order valence-corrected chi connectivity index (χ4v) is 2.86. The summed E-state index contributed by atoms with van der Waals surface area (Å²) in [7, 11) is 0. The van der Waals surface area contributed by atoms with Crippen molar-refractivity contribution in [3.63, 3.8) is 0 Å². The zero-order valence-corrected chi connectivity index (χ0v) is 12.1. The monoisotopic (exact) mass is 258 g/mol. The van der Waals surface area contributed by atoms with Gasteiger partial charge in [0.05, 0.1) is 5.60 Å². The smallest absolute Gasteiger partial charge is 0.0859 e. The fraction of sp³-hybridized carbons (Fsp3) is 0.556. The Balaban J connectivity index is 1.79. The molecule has 0 aromatic heterocycles. The summed E-state index contributed by atoms with van der Waals surface area (Å²) in [6.45, 7) is 2.21. The van der Waals surface area contributed by atoms with E-state index in [0.717, 1.165) is 38.5 Å². The highest BCUT2D eigenvalue weighted by atomic mass is 16.3. The number of hydrogen-bond acceptors (Lipinski definition) is 1. The van der Waals surface area contributed by atoms with Gasteiger partial charge in [0.2, 0.25) is 0 Å². The summed E-state index contributed by atoms with van der Waals surface area (Å²) < 4.78 is 0. The molecule has 1 saturated carbocycles. The van der Waals surface area contributed by atoms with Crippen LogP contribution < -0.4 is 0 Å². The molecule has 1 atom stereocenters. The van der Waals surface area contributed by atoms with Gasteiger partial charge in [-0.1, -0.05) is 62.6 Å². The largest absolute Gasteiger partial charge is 0.386 e. The van der Waals surface area contributed by atoms with Gasteiger partial charge in [0.1, 0.15) is 0 Å². The van der Waals surface area contributed by atoms with Crippen LogP contribution in [0.4, 0.5) is 0 Å². The predicted octanol–water partition coefficient (Wildman–Crippen LogP) is 4.65. The zero-order valence-electron chi connectivity index (χ0n) is 12.1. The van der Waals surface area contributed by atoms with Crippen molar-refractivity contribution in [3.05, 3.63) is 47.5 Å². The summed E-state index contributed by atoms with van der Waals surface area (Å²) in [6.07, 6.45) is 11.0. The molecule has 19 heavy (non-hydrogen) atoms. The lowest BCUT2D eigenvalue weighted by Crippen LogP contribution is -2.39. The highest BCUT2D eigenvalue weighted by Gasteiger charge is 2.38. The molecule has 0 heterocycles. The number of allylic oxidation sites excluding steroid dienone is 1. The van der Waals surface area contributed by atoms with Crippen LogP contribution in [0.25, 0.3) is 0 Å². The third kappa shape index (κ3) is 3.94. The van der Waals surface area contributed by atoms with Crippen LogP contribution in [0.15, 0.2) is 42.0 Å². The first kappa shape index (κ1) is 14.3. The summed E-state index contributed by atoms with van der Waals surface area (Å²) in [4.78, 5) is 0. The van der Waals surface area contributed by atoms with E-state index in [4.69, 9.17) is 0 Å². The molecule has 1 aromatic carbocycles. The average molecular weight is 258 g/mol. The SMILES string of the molecule is CCCCCC1(O)CC/C1=C\CCc1ccccc1.